The molecule has 4 rings (SSSR count). The predicted octanol–water partition coefficient (Wildman–Crippen LogP) is 3.54. The van der Waals surface area contributed by atoms with E-state index in [0.717, 1.165) is 16.8 Å². The summed E-state index contributed by atoms with van der Waals surface area (Å²) in [5, 5.41) is 7.81. The van der Waals surface area contributed by atoms with Crippen LogP contribution in [0.25, 0.3) is 11.1 Å². The van der Waals surface area contributed by atoms with Crippen LogP contribution in [0.4, 0.5) is 0 Å². The molecule has 6 nitrogen and oxygen atoms in total. The van der Waals surface area contributed by atoms with E-state index in [4.69, 9.17) is 0 Å². The summed E-state index contributed by atoms with van der Waals surface area (Å²) in [6.45, 7) is 2.74. The minimum Gasteiger partial charge on any atom is -0.337 e. The number of nitrogens with zero attached hydrogens (tertiary/aromatic N) is 3. The molecule has 152 valence electrons. The highest BCUT2D eigenvalue weighted by Crippen LogP contribution is 2.28. The quantitative estimate of drug-likeness (QED) is 0.636. The highest BCUT2D eigenvalue weighted by atomic mass is 32.2. The lowest BCUT2D eigenvalue weighted by atomic mass is 10.1. The van der Waals surface area contributed by atoms with Crippen LogP contribution in [0.5, 0.6) is 0 Å². The van der Waals surface area contributed by atoms with Gasteiger partial charge in [0, 0.05) is 25.8 Å². The van der Waals surface area contributed by atoms with E-state index in [2.05, 4.69) is 5.10 Å². The van der Waals surface area contributed by atoms with Gasteiger partial charge in [-0.2, -0.15) is 16.4 Å². The van der Waals surface area contributed by atoms with Gasteiger partial charge in [-0.3, -0.25) is 9.48 Å². The summed E-state index contributed by atoms with van der Waals surface area (Å²) in [6, 6.07) is 10.9. The summed E-state index contributed by atoms with van der Waals surface area (Å²) in [7, 11) is -1.62. The van der Waals surface area contributed by atoms with Crippen molar-refractivity contribution in [3.05, 3.63) is 58.5 Å². The van der Waals surface area contributed by atoms with Gasteiger partial charge >= 0.3 is 0 Å². The molecule has 1 aliphatic heterocycles. The molecule has 1 aromatic carbocycles. The maximum absolute atomic E-state index is 13.1. The van der Waals surface area contributed by atoms with Crippen LogP contribution in [-0.4, -0.2) is 47.3 Å². The number of carbonyl (C=O) groups excluding carboxylic acids is 1. The topological polar surface area (TPSA) is 72.3 Å². The summed E-state index contributed by atoms with van der Waals surface area (Å²) in [5.74, 6) is -0.135. The van der Waals surface area contributed by atoms with Crippen molar-refractivity contribution < 1.29 is 13.2 Å². The van der Waals surface area contributed by atoms with Crippen molar-refractivity contribution in [2.75, 3.05) is 13.1 Å². The van der Waals surface area contributed by atoms with Gasteiger partial charge in [0.25, 0.3) is 5.91 Å². The number of hydrogen-bond acceptors (Lipinski definition) is 5. The van der Waals surface area contributed by atoms with Gasteiger partial charge in [-0.15, -0.1) is 0 Å². The Bertz CT molecular complexity index is 1090. The van der Waals surface area contributed by atoms with Gasteiger partial charge < -0.3 is 4.90 Å². The van der Waals surface area contributed by atoms with Gasteiger partial charge in [0.05, 0.1) is 10.1 Å². The molecule has 0 radical (unpaired) electrons. The first-order valence-corrected chi connectivity index (χ1v) is 12.0. The van der Waals surface area contributed by atoms with Crippen LogP contribution in [0.15, 0.2) is 52.1 Å². The summed E-state index contributed by atoms with van der Waals surface area (Å²) in [6.07, 6.45) is 0.873. The van der Waals surface area contributed by atoms with Crippen LogP contribution in [-0.2, 0) is 16.9 Å². The standard InChI is InChI=1S/C21H23N3O3S2/c1-15-13-20(22-23(15)2)21(25)24-10-7-19(8-11-24)29(26,27)18-5-3-16(4-6-18)17-9-12-28-14-17/h3-6,9,12-14,19H,7-8,10-11H2,1-2H3. The first-order chi connectivity index (χ1) is 13.9. The van der Waals surface area contributed by atoms with Crippen LogP contribution >= 0.6 is 11.3 Å². The zero-order valence-corrected chi connectivity index (χ0v) is 18.0. The molecule has 1 fully saturated rings. The first kappa shape index (κ1) is 19.8. The Morgan fingerprint density at radius 2 is 1.79 bits per heavy atom. The Hall–Kier alpha value is -2.45. The van der Waals surface area contributed by atoms with E-state index in [1.165, 1.54) is 0 Å². The molecule has 0 saturated carbocycles. The zero-order chi connectivity index (χ0) is 20.6. The third-order valence-electron chi connectivity index (χ3n) is 5.54. The fourth-order valence-electron chi connectivity index (χ4n) is 3.65. The Morgan fingerprint density at radius 3 is 2.34 bits per heavy atom. The zero-order valence-electron chi connectivity index (χ0n) is 16.4. The van der Waals surface area contributed by atoms with E-state index in [1.807, 2.05) is 35.9 Å². The molecule has 0 N–H and O–H groups in total. The minimum atomic E-state index is -3.42. The maximum Gasteiger partial charge on any atom is 0.274 e. The SMILES string of the molecule is Cc1cc(C(=O)N2CCC(S(=O)(=O)c3ccc(-c4ccsc4)cc3)CC2)nn1C. The fourth-order valence-corrected chi connectivity index (χ4v) is 6.05. The second kappa shape index (κ2) is 7.76. The summed E-state index contributed by atoms with van der Waals surface area (Å²) in [5.41, 5.74) is 3.43. The number of piperidine rings is 1. The van der Waals surface area contributed by atoms with Gasteiger partial charge in [-0.1, -0.05) is 12.1 Å². The fraction of sp³-hybridized carbons (Fsp3) is 0.333. The highest BCUT2D eigenvalue weighted by Gasteiger charge is 2.33. The molecule has 0 aliphatic carbocycles. The Balaban J connectivity index is 1.44. The highest BCUT2D eigenvalue weighted by molar-refractivity contribution is 7.92. The van der Waals surface area contributed by atoms with E-state index in [1.54, 1.807) is 46.2 Å². The molecule has 0 spiro atoms. The average Bonchev–Trinajstić information content (AvgIpc) is 3.38. The monoisotopic (exact) mass is 429 g/mol. The molecule has 0 bridgehead atoms. The van der Waals surface area contributed by atoms with E-state index >= 15 is 0 Å². The minimum absolute atomic E-state index is 0.135. The molecule has 1 aliphatic rings. The normalized spacial score (nSPS) is 15.6. The Kier molecular flexibility index (Phi) is 5.31. The number of carbonyl (C=O) groups is 1. The van der Waals surface area contributed by atoms with Crippen molar-refractivity contribution in [2.45, 2.75) is 29.9 Å². The third-order valence-corrected chi connectivity index (χ3v) is 8.50. The van der Waals surface area contributed by atoms with Crippen molar-refractivity contribution in [2.24, 2.45) is 7.05 Å². The number of amides is 1. The predicted molar refractivity (Wildman–Crippen MR) is 114 cm³/mol. The molecular formula is C21H23N3O3S2. The first-order valence-electron chi connectivity index (χ1n) is 9.53. The molecule has 0 unspecified atom stereocenters. The molecule has 1 saturated heterocycles. The lowest BCUT2D eigenvalue weighted by Gasteiger charge is -2.31. The molecule has 2 aromatic heterocycles. The molecule has 8 heteroatoms. The lowest BCUT2D eigenvalue weighted by Crippen LogP contribution is -2.42. The largest absolute Gasteiger partial charge is 0.337 e. The number of hydrogen-bond donors (Lipinski definition) is 0. The van der Waals surface area contributed by atoms with Crippen LogP contribution < -0.4 is 0 Å². The van der Waals surface area contributed by atoms with Gasteiger partial charge in [0.1, 0.15) is 0 Å². The van der Waals surface area contributed by atoms with Gasteiger partial charge in [0.15, 0.2) is 15.5 Å². The number of benzene rings is 1. The smallest absolute Gasteiger partial charge is 0.274 e. The van der Waals surface area contributed by atoms with Crippen molar-refractivity contribution in [3.8, 4) is 11.1 Å². The van der Waals surface area contributed by atoms with Crippen molar-refractivity contribution >= 4 is 27.1 Å². The van der Waals surface area contributed by atoms with Crippen molar-refractivity contribution in [1.82, 2.24) is 14.7 Å². The van der Waals surface area contributed by atoms with Crippen molar-refractivity contribution in [1.29, 1.82) is 0 Å². The number of aromatic nitrogens is 2. The average molecular weight is 430 g/mol. The Labute approximate surface area is 174 Å². The van der Waals surface area contributed by atoms with Crippen LogP contribution in [0.3, 0.4) is 0 Å². The second-order valence-corrected chi connectivity index (χ2v) is 10.4. The second-order valence-electron chi connectivity index (χ2n) is 7.37. The van der Waals surface area contributed by atoms with E-state index in [9.17, 15) is 13.2 Å². The molecule has 29 heavy (non-hydrogen) atoms. The summed E-state index contributed by atoms with van der Waals surface area (Å²) >= 11 is 1.61. The van der Waals surface area contributed by atoms with E-state index in [0.29, 0.717) is 36.5 Å². The molecular weight excluding hydrogens is 406 g/mol. The third kappa shape index (κ3) is 3.86. The molecule has 3 heterocycles. The van der Waals surface area contributed by atoms with Gasteiger partial charge in [0.2, 0.25) is 0 Å². The Morgan fingerprint density at radius 1 is 1.10 bits per heavy atom. The van der Waals surface area contributed by atoms with Gasteiger partial charge in [-0.25, -0.2) is 8.42 Å². The van der Waals surface area contributed by atoms with Crippen molar-refractivity contribution in [3.63, 3.8) is 0 Å². The maximum atomic E-state index is 13.1. The number of rotatable bonds is 4. The number of thiophene rings is 1. The lowest BCUT2D eigenvalue weighted by molar-refractivity contribution is 0.0719. The number of sulfone groups is 1. The summed E-state index contributed by atoms with van der Waals surface area (Å²) in [4.78, 5) is 14.7. The van der Waals surface area contributed by atoms with Gasteiger partial charge in [-0.05, 0) is 65.9 Å². The van der Waals surface area contributed by atoms with E-state index in [-0.39, 0.29) is 5.91 Å². The molecule has 1 amide bonds. The summed E-state index contributed by atoms with van der Waals surface area (Å²) < 4.78 is 27.8. The number of likely N-dealkylation sites (tertiary alicyclic amines) is 1. The number of aryl methyl sites for hydroxylation is 2. The van der Waals surface area contributed by atoms with E-state index < -0.39 is 15.1 Å². The van der Waals surface area contributed by atoms with Crippen LogP contribution in [0, 0.1) is 6.92 Å². The molecule has 0 atom stereocenters. The van der Waals surface area contributed by atoms with Crippen LogP contribution in [0.2, 0.25) is 0 Å². The van der Waals surface area contributed by atoms with Crippen LogP contribution in [0.1, 0.15) is 29.0 Å². The molecule has 3 aromatic rings.